The fraction of sp³-hybridized carbons (Fsp3) is 0.500. The maximum Gasteiger partial charge on any atom is 0.0500 e. The number of hydrogen-bond donors (Lipinski definition) is 2. The Kier molecular flexibility index (Phi) is 5.29. The van der Waals surface area contributed by atoms with Crippen molar-refractivity contribution in [3.63, 3.8) is 0 Å². The van der Waals surface area contributed by atoms with E-state index in [4.69, 9.17) is 5.73 Å². The van der Waals surface area contributed by atoms with Gasteiger partial charge in [-0.25, -0.2) is 0 Å². The highest BCUT2D eigenvalue weighted by atomic mass is 35.5. The van der Waals surface area contributed by atoms with Crippen molar-refractivity contribution in [3.05, 3.63) is 35.4 Å². The molecular weight excluding hydrogens is 210 g/mol. The highest BCUT2D eigenvalue weighted by Gasteiger charge is 2.26. The molecule has 0 aliphatic carbocycles. The minimum Gasteiger partial charge on any atom is -0.396 e. The fourth-order valence-electron chi connectivity index (χ4n) is 1.32. The molecule has 0 heterocycles. The van der Waals surface area contributed by atoms with Crippen molar-refractivity contribution < 1.29 is 5.11 Å². The Morgan fingerprint density at radius 1 is 1.27 bits per heavy atom. The summed E-state index contributed by atoms with van der Waals surface area (Å²) in [5, 5.41) is 9.20. The molecule has 0 aliphatic rings. The third-order valence-corrected chi connectivity index (χ3v) is 2.69. The number of aryl methyl sites for hydroxylation is 1. The topological polar surface area (TPSA) is 46.2 Å². The molecular formula is C12H20ClNO. The summed E-state index contributed by atoms with van der Waals surface area (Å²) in [6.45, 7) is 6.09. The van der Waals surface area contributed by atoms with Crippen molar-refractivity contribution >= 4 is 12.4 Å². The van der Waals surface area contributed by atoms with E-state index in [0.29, 0.717) is 0 Å². The standard InChI is InChI=1S/C12H19NO.ClH/c1-9-4-6-10(7-5-9)11(13)12(2,3)8-14;/h4-7,11,14H,8,13H2,1-3H3;1H/t11-;/m1./s1. The molecule has 86 valence electrons. The molecule has 1 aromatic rings. The third kappa shape index (κ3) is 3.49. The average Bonchev–Trinajstić information content (AvgIpc) is 2.18. The van der Waals surface area contributed by atoms with Crippen molar-refractivity contribution in [1.82, 2.24) is 0 Å². The van der Waals surface area contributed by atoms with Gasteiger partial charge < -0.3 is 10.8 Å². The van der Waals surface area contributed by atoms with Gasteiger partial charge in [-0.15, -0.1) is 12.4 Å². The highest BCUT2D eigenvalue weighted by molar-refractivity contribution is 5.85. The van der Waals surface area contributed by atoms with E-state index in [9.17, 15) is 5.11 Å². The summed E-state index contributed by atoms with van der Waals surface area (Å²) < 4.78 is 0. The van der Waals surface area contributed by atoms with Gasteiger partial charge in [0.1, 0.15) is 0 Å². The second-order valence-electron chi connectivity index (χ2n) is 4.54. The van der Waals surface area contributed by atoms with Crippen LogP contribution in [0, 0.1) is 12.3 Å². The van der Waals surface area contributed by atoms with Gasteiger partial charge in [0.05, 0.1) is 0 Å². The maximum absolute atomic E-state index is 9.20. The van der Waals surface area contributed by atoms with Gasteiger partial charge in [-0.05, 0) is 12.5 Å². The first kappa shape index (κ1) is 14.4. The number of aliphatic hydroxyl groups excluding tert-OH is 1. The minimum absolute atomic E-state index is 0. The van der Waals surface area contributed by atoms with Crippen LogP contribution in [-0.4, -0.2) is 11.7 Å². The van der Waals surface area contributed by atoms with E-state index in [1.54, 1.807) is 0 Å². The minimum atomic E-state index is -0.269. The van der Waals surface area contributed by atoms with E-state index in [-0.39, 0.29) is 30.5 Å². The van der Waals surface area contributed by atoms with Crippen LogP contribution >= 0.6 is 12.4 Å². The van der Waals surface area contributed by atoms with E-state index in [1.165, 1.54) is 5.56 Å². The molecule has 2 nitrogen and oxygen atoms in total. The van der Waals surface area contributed by atoms with E-state index < -0.39 is 0 Å². The van der Waals surface area contributed by atoms with E-state index in [2.05, 4.69) is 0 Å². The lowest BCUT2D eigenvalue weighted by molar-refractivity contribution is 0.132. The molecule has 3 heteroatoms. The van der Waals surface area contributed by atoms with Crippen LogP contribution < -0.4 is 5.73 Å². The normalized spacial score (nSPS) is 13.1. The zero-order chi connectivity index (χ0) is 10.8. The van der Waals surface area contributed by atoms with Gasteiger partial charge in [0, 0.05) is 18.1 Å². The van der Waals surface area contributed by atoms with Crippen molar-refractivity contribution in [2.24, 2.45) is 11.1 Å². The van der Waals surface area contributed by atoms with Gasteiger partial charge in [0.2, 0.25) is 0 Å². The predicted molar refractivity (Wildman–Crippen MR) is 66.2 cm³/mol. The Bertz CT molecular complexity index is 295. The van der Waals surface area contributed by atoms with Crippen LogP contribution in [0.25, 0.3) is 0 Å². The summed E-state index contributed by atoms with van der Waals surface area (Å²) in [6.07, 6.45) is 0. The Hall–Kier alpha value is -0.570. The van der Waals surface area contributed by atoms with Gasteiger partial charge in [0.25, 0.3) is 0 Å². The molecule has 0 radical (unpaired) electrons. The third-order valence-electron chi connectivity index (χ3n) is 2.69. The summed E-state index contributed by atoms with van der Waals surface area (Å²) in [7, 11) is 0. The van der Waals surface area contributed by atoms with E-state index in [0.717, 1.165) is 5.56 Å². The monoisotopic (exact) mass is 229 g/mol. The Balaban J connectivity index is 0.00000196. The molecule has 0 aromatic heterocycles. The molecule has 1 rings (SSSR count). The molecule has 0 saturated heterocycles. The maximum atomic E-state index is 9.20. The summed E-state index contributed by atoms with van der Waals surface area (Å²) >= 11 is 0. The van der Waals surface area contributed by atoms with Crippen molar-refractivity contribution in [2.45, 2.75) is 26.8 Å². The second kappa shape index (κ2) is 5.50. The molecule has 15 heavy (non-hydrogen) atoms. The molecule has 1 aromatic carbocycles. The lowest BCUT2D eigenvalue weighted by Gasteiger charge is -2.29. The van der Waals surface area contributed by atoms with Gasteiger partial charge >= 0.3 is 0 Å². The lowest BCUT2D eigenvalue weighted by Crippen LogP contribution is -2.32. The van der Waals surface area contributed by atoms with Crippen molar-refractivity contribution in [2.75, 3.05) is 6.61 Å². The van der Waals surface area contributed by atoms with E-state index in [1.807, 2.05) is 45.0 Å². The number of benzene rings is 1. The Morgan fingerprint density at radius 3 is 2.13 bits per heavy atom. The second-order valence-corrected chi connectivity index (χ2v) is 4.54. The van der Waals surface area contributed by atoms with Gasteiger partial charge in [-0.1, -0.05) is 43.7 Å². The number of rotatable bonds is 3. The van der Waals surface area contributed by atoms with Gasteiger partial charge in [0.15, 0.2) is 0 Å². The van der Waals surface area contributed by atoms with E-state index >= 15 is 0 Å². The summed E-state index contributed by atoms with van der Waals surface area (Å²) in [6, 6.07) is 8.02. The molecule has 0 aliphatic heterocycles. The summed E-state index contributed by atoms with van der Waals surface area (Å²) in [4.78, 5) is 0. The van der Waals surface area contributed by atoms with Crippen molar-refractivity contribution in [1.29, 1.82) is 0 Å². The quantitative estimate of drug-likeness (QED) is 0.837. The summed E-state index contributed by atoms with van der Waals surface area (Å²) in [5.74, 6) is 0. The van der Waals surface area contributed by atoms with Crippen LogP contribution in [0.1, 0.15) is 31.0 Å². The highest BCUT2D eigenvalue weighted by Crippen LogP contribution is 2.30. The van der Waals surface area contributed by atoms with Crippen LogP contribution in [0.5, 0.6) is 0 Å². The predicted octanol–water partition coefficient (Wildman–Crippen LogP) is 2.44. The largest absolute Gasteiger partial charge is 0.396 e. The average molecular weight is 230 g/mol. The van der Waals surface area contributed by atoms with Crippen LogP contribution in [0.3, 0.4) is 0 Å². The van der Waals surface area contributed by atoms with Gasteiger partial charge in [-0.2, -0.15) is 0 Å². The smallest absolute Gasteiger partial charge is 0.0500 e. The Morgan fingerprint density at radius 2 is 1.73 bits per heavy atom. The molecule has 1 atom stereocenters. The summed E-state index contributed by atoms with van der Waals surface area (Å²) in [5.41, 5.74) is 8.11. The molecule has 0 unspecified atom stereocenters. The first-order valence-electron chi connectivity index (χ1n) is 4.90. The van der Waals surface area contributed by atoms with Crippen LogP contribution in [0.2, 0.25) is 0 Å². The van der Waals surface area contributed by atoms with Gasteiger partial charge in [-0.3, -0.25) is 0 Å². The Labute approximate surface area is 97.9 Å². The SMILES string of the molecule is Cc1ccc([C@@H](N)C(C)(C)CO)cc1.Cl. The lowest BCUT2D eigenvalue weighted by atomic mass is 9.82. The molecule has 0 bridgehead atoms. The molecule has 3 N–H and O–H groups in total. The molecule has 0 fully saturated rings. The fourth-order valence-corrected chi connectivity index (χ4v) is 1.32. The molecule has 0 spiro atoms. The van der Waals surface area contributed by atoms with Crippen LogP contribution in [0.15, 0.2) is 24.3 Å². The molecule has 0 saturated carbocycles. The number of hydrogen-bond acceptors (Lipinski definition) is 2. The first-order chi connectivity index (χ1) is 6.47. The number of aliphatic hydroxyl groups is 1. The molecule has 0 amide bonds. The van der Waals surface area contributed by atoms with Crippen LogP contribution in [-0.2, 0) is 0 Å². The first-order valence-corrected chi connectivity index (χ1v) is 4.90. The number of halogens is 1. The number of nitrogens with two attached hydrogens (primary N) is 1. The van der Waals surface area contributed by atoms with Crippen molar-refractivity contribution in [3.8, 4) is 0 Å². The van der Waals surface area contributed by atoms with Crippen LogP contribution in [0.4, 0.5) is 0 Å². The zero-order valence-corrected chi connectivity index (χ0v) is 10.3. The zero-order valence-electron chi connectivity index (χ0n) is 9.53.